The lowest BCUT2D eigenvalue weighted by Gasteiger charge is -2.57. The van der Waals surface area contributed by atoms with Crippen LogP contribution in [0, 0.1) is 45.3 Å². The molecule has 4 fully saturated rings. The second-order valence-electron chi connectivity index (χ2n) is 13.0. The van der Waals surface area contributed by atoms with Gasteiger partial charge in [0.25, 0.3) is 0 Å². The normalized spacial score (nSPS) is 44.7. The van der Waals surface area contributed by atoms with Gasteiger partial charge >= 0.3 is 12.1 Å². The molecule has 0 heterocycles. The summed E-state index contributed by atoms with van der Waals surface area (Å²) in [5.41, 5.74) is 1.21. The van der Waals surface area contributed by atoms with Crippen LogP contribution in [0.1, 0.15) is 80.1 Å². The van der Waals surface area contributed by atoms with Gasteiger partial charge in [0, 0.05) is 16.2 Å². The third kappa shape index (κ3) is 3.16. The van der Waals surface area contributed by atoms with E-state index in [1.807, 2.05) is 6.08 Å². The Morgan fingerprint density at radius 3 is 2.27 bits per heavy atom. The Morgan fingerprint density at radius 1 is 0.939 bits per heavy atom. The summed E-state index contributed by atoms with van der Waals surface area (Å²) in [5, 5.41) is 9.80. The van der Waals surface area contributed by atoms with Gasteiger partial charge in [-0.05, 0) is 73.8 Å². The van der Waals surface area contributed by atoms with Crippen molar-refractivity contribution in [2.75, 3.05) is 0 Å². The number of rotatable bonds is 3. The Balaban J connectivity index is 1.28. The van der Waals surface area contributed by atoms with Crippen molar-refractivity contribution in [3.05, 3.63) is 23.8 Å². The van der Waals surface area contributed by atoms with Crippen molar-refractivity contribution in [1.82, 2.24) is 0 Å². The molecule has 0 amide bonds. The van der Waals surface area contributed by atoms with Crippen molar-refractivity contribution in [3.8, 4) is 0 Å². The fourth-order valence-electron chi connectivity index (χ4n) is 8.45. The van der Waals surface area contributed by atoms with Crippen LogP contribution in [0.5, 0.6) is 0 Å². The highest BCUT2D eigenvalue weighted by atomic mass is 16.7. The van der Waals surface area contributed by atoms with E-state index < -0.39 is 12.1 Å². The topological polar surface area (TPSA) is 72.8 Å². The molecular weight excluding hydrogens is 416 g/mol. The number of hydrogen-bond acceptors (Lipinski definition) is 4. The molecular formula is C28H40O5. The summed E-state index contributed by atoms with van der Waals surface area (Å²) in [5.74, 6) is 0.795. The number of carbonyl (C=O) groups excluding carboxylic acids is 1. The summed E-state index contributed by atoms with van der Waals surface area (Å²) < 4.78 is 11.4. The molecule has 5 rings (SSSR count). The molecule has 2 unspecified atom stereocenters. The van der Waals surface area contributed by atoms with Crippen LogP contribution < -0.4 is 0 Å². The summed E-state index contributed by atoms with van der Waals surface area (Å²) in [4.78, 5) is 24.4. The van der Waals surface area contributed by atoms with Crippen LogP contribution in [-0.4, -0.2) is 29.4 Å². The maximum absolute atomic E-state index is 12.5. The quantitative estimate of drug-likeness (QED) is 0.394. The van der Waals surface area contributed by atoms with Crippen molar-refractivity contribution in [1.29, 1.82) is 0 Å². The number of carboxylic acid groups (broad SMARTS) is 1. The molecule has 1 N–H and O–H groups in total. The Labute approximate surface area is 198 Å². The molecule has 0 aliphatic heterocycles. The number of allylic oxidation sites excluding steroid dienone is 2. The monoisotopic (exact) mass is 456 g/mol. The highest BCUT2D eigenvalue weighted by Crippen LogP contribution is 2.66. The van der Waals surface area contributed by atoms with Gasteiger partial charge in [-0.2, -0.15) is 0 Å². The van der Waals surface area contributed by atoms with Crippen molar-refractivity contribution >= 4 is 12.1 Å². The molecule has 4 saturated carbocycles. The molecule has 0 aromatic rings. The van der Waals surface area contributed by atoms with Crippen LogP contribution >= 0.6 is 0 Å². The molecule has 33 heavy (non-hydrogen) atoms. The number of fused-ring (bicyclic) bond motifs is 5. The van der Waals surface area contributed by atoms with E-state index in [0.717, 1.165) is 38.5 Å². The fourth-order valence-corrected chi connectivity index (χ4v) is 8.45. The van der Waals surface area contributed by atoms with Crippen LogP contribution in [0.4, 0.5) is 4.79 Å². The van der Waals surface area contributed by atoms with Crippen molar-refractivity contribution < 1.29 is 24.2 Å². The first-order valence-electron chi connectivity index (χ1n) is 12.8. The largest absolute Gasteiger partial charge is 0.509 e. The Hall–Kier alpha value is -1.78. The van der Waals surface area contributed by atoms with Gasteiger partial charge in [0.15, 0.2) is 0 Å². The van der Waals surface area contributed by atoms with E-state index in [4.69, 9.17) is 9.47 Å². The minimum Gasteiger partial charge on any atom is -0.481 e. The Kier molecular flexibility index (Phi) is 4.96. The van der Waals surface area contributed by atoms with E-state index in [2.05, 4.69) is 53.7 Å². The van der Waals surface area contributed by atoms with Crippen molar-refractivity contribution in [2.24, 2.45) is 45.3 Å². The number of hydrogen-bond donors (Lipinski definition) is 1. The van der Waals surface area contributed by atoms with Crippen molar-refractivity contribution in [3.63, 3.8) is 0 Å². The Bertz CT molecular complexity index is 915. The van der Waals surface area contributed by atoms with E-state index in [1.165, 1.54) is 5.57 Å². The van der Waals surface area contributed by atoms with Gasteiger partial charge in [0.2, 0.25) is 0 Å². The Morgan fingerprint density at radius 2 is 1.64 bits per heavy atom. The average Bonchev–Trinajstić information content (AvgIpc) is 3.00. The molecule has 5 nitrogen and oxygen atoms in total. The van der Waals surface area contributed by atoms with Gasteiger partial charge < -0.3 is 14.6 Å². The summed E-state index contributed by atoms with van der Waals surface area (Å²) >= 11 is 0. The average molecular weight is 457 g/mol. The SMILES string of the molecule is CC1(C)C(OC(=O)OC2C=C[C@@]3(C)C(=C2)CC[C@@H]2[C@@H]3CC[C@]3(C)C(C(=O)O)CC[C@@H]23)C1(C)C. The van der Waals surface area contributed by atoms with E-state index in [1.54, 1.807) is 0 Å². The lowest BCUT2D eigenvalue weighted by atomic mass is 9.48. The molecule has 0 radical (unpaired) electrons. The lowest BCUT2D eigenvalue weighted by Crippen LogP contribution is -2.50. The van der Waals surface area contributed by atoms with Crippen molar-refractivity contribution in [2.45, 2.75) is 92.3 Å². The zero-order valence-corrected chi connectivity index (χ0v) is 21.0. The first-order valence-corrected chi connectivity index (χ1v) is 12.8. The minimum atomic E-state index is -0.608. The molecule has 7 atom stereocenters. The van der Waals surface area contributed by atoms with Gasteiger partial charge in [0.05, 0.1) is 5.92 Å². The third-order valence-corrected chi connectivity index (χ3v) is 11.3. The van der Waals surface area contributed by atoms with E-state index in [9.17, 15) is 14.7 Å². The highest BCUT2D eigenvalue weighted by molar-refractivity contribution is 5.71. The summed E-state index contributed by atoms with van der Waals surface area (Å²) in [6.07, 6.45) is 11.4. The maximum Gasteiger partial charge on any atom is 0.509 e. The zero-order chi connectivity index (χ0) is 24.0. The van der Waals surface area contributed by atoms with Gasteiger partial charge in [0.1, 0.15) is 12.2 Å². The number of carbonyl (C=O) groups is 2. The third-order valence-electron chi connectivity index (χ3n) is 11.3. The molecule has 0 saturated heterocycles. The van der Waals surface area contributed by atoms with Gasteiger partial charge in [-0.15, -0.1) is 0 Å². The summed E-state index contributed by atoms with van der Waals surface area (Å²) in [6.45, 7) is 13.1. The molecule has 0 spiro atoms. The number of aliphatic carboxylic acids is 1. The molecule has 5 aliphatic carbocycles. The summed E-state index contributed by atoms with van der Waals surface area (Å²) in [6, 6.07) is 0. The van der Waals surface area contributed by atoms with Crippen LogP contribution in [0.25, 0.3) is 0 Å². The fraction of sp³-hybridized carbons (Fsp3) is 0.786. The zero-order valence-electron chi connectivity index (χ0n) is 21.0. The van der Waals surface area contributed by atoms with E-state index >= 15 is 0 Å². The predicted molar refractivity (Wildman–Crippen MR) is 125 cm³/mol. The second kappa shape index (κ2) is 7.11. The van der Waals surface area contributed by atoms with Crippen LogP contribution in [0.15, 0.2) is 23.8 Å². The van der Waals surface area contributed by atoms with Crippen LogP contribution in [-0.2, 0) is 14.3 Å². The number of carboxylic acids is 1. The maximum atomic E-state index is 12.5. The van der Waals surface area contributed by atoms with Gasteiger partial charge in [-0.3, -0.25) is 4.79 Å². The molecule has 0 aromatic carbocycles. The van der Waals surface area contributed by atoms with E-state index in [-0.39, 0.29) is 39.8 Å². The van der Waals surface area contributed by atoms with E-state index in [0.29, 0.717) is 17.8 Å². The lowest BCUT2D eigenvalue weighted by molar-refractivity contribution is -0.148. The minimum absolute atomic E-state index is 0.0286. The van der Waals surface area contributed by atoms with Gasteiger partial charge in [-0.1, -0.05) is 53.2 Å². The first kappa shape index (κ1) is 23.0. The molecule has 0 bridgehead atoms. The smallest absolute Gasteiger partial charge is 0.481 e. The molecule has 5 aliphatic rings. The highest BCUT2D eigenvalue weighted by Gasteiger charge is 2.68. The number of ether oxygens (including phenoxy) is 2. The predicted octanol–water partition coefficient (Wildman–Crippen LogP) is 6.38. The molecule has 182 valence electrons. The molecule has 0 aromatic heterocycles. The van der Waals surface area contributed by atoms with Crippen LogP contribution in [0.2, 0.25) is 0 Å². The second-order valence-corrected chi connectivity index (χ2v) is 13.0. The summed E-state index contributed by atoms with van der Waals surface area (Å²) in [7, 11) is 0. The first-order chi connectivity index (χ1) is 15.3. The standard InChI is InChI=1S/C28H40O5/c1-25(2)23(26(25,3)4)33-24(31)32-17-11-13-27(5)16(15-17)7-8-18-19-9-10-21(22(29)30)28(19,6)14-12-20(18)27/h11,13,15,17-21,23H,7-10,12,14H2,1-6H3,(H,29,30)/t17?,18-,19-,20-,21?,27-,28-/m0/s1. The van der Waals surface area contributed by atoms with Gasteiger partial charge in [-0.25, -0.2) is 4.79 Å². The van der Waals surface area contributed by atoms with Crippen LogP contribution in [0.3, 0.4) is 0 Å². The molecule has 5 heteroatoms.